The maximum absolute atomic E-state index is 13.4. The largest absolute Gasteiger partial charge is 0.542 e. The van der Waals surface area contributed by atoms with Crippen LogP contribution in [0.25, 0.3) is 11.2 Å². The molecule has 42 heavy (non-hydrogen) atoms. The number of nitrogens with zero attached hydrogens (tertiary/aromatic N) is 3. The summed E-state index contributed by atoms with van der Waals surface area (Å²) in [7, 11) is 0. The van der Waals surface area contributed by atoms with Gasteiger partial charge in [-0.1, -0.05) is 6.07 Å². The predicted octanol–water partition coefficient (Wildman–Crippen LogP) is 3.24. The molecule has 0 saturated heterocycles. The lowest BCUT2D eigenvalue weighted by Crippen LogP contribution is -2.60. The van der Waals surface area contributed by atoms with Gasteiger partial charge in [0.05, 0.1) is 6.20 Å². The number of pyridine rings is 2. The van der Waals surface area contributed by atoms with Gasteiger partial charge in [-0.05, 0) is 68.4 Å². The molecule has 4 fully saturated rings. The number of imidazole rings is 1. The smallest absolute Gasteiger partial charge is 0.490 e. The highest BCUT2D eigenvalue weighted by Gasteiger charge is 2.51. The van der Waals surface area contributed by atoms with Crippen LogP contribution in [0, 0.1) is 17.8 Å². The summed E-state index contributed by atoms with van der Waals surface area (Å²) in [6.07, 6.45) is 6.86. The first-order chi connectivity index (χ1) is 19.6. The SMILES string of the molecule is O=C(NC12CC3CC(CC(C3)C1)C2)c1cnccc1-[n+]1cc2ccccn2c1.O=C(O)C(F)(F)F.O=C([O-])C(F)(F)F. The lowest BCUT2D eigenvalue weighted by molar-refractivity contribution is -0.594. The molecule has 15 heteroatoms. The van der Waals surface area contributed by atoms with E-state index in [0.717, 1.165) is 48.2 Å². The predicted molar refractivity (Wildman–Crippen MR) is 130 cm³/mol. The topological polar surface area (TPSA) is 128 Å². The van der Waals surface area contributed by atoms with Crippen molar-refractivity contribution in [3.8, 4) is 5.69 Å². The van der Waals surface area contributed by atoms with Crippen molar-refractivity contribution in [3.63, 3.8) is 0 Å². The van der Waals surface area contributed by atoms with Gasteiger partial charge in [-0.3, -0.25) is 9.78 Å². The third kappa shape index (κ3) is 7.18. The molecule has 3 aromatic heterocycles. The minimum Gasteiger partial charge on any atom is -0.542 e. The molecule has 9 nitrogen and oxygen atoms in total. The van der Waals surface area contributed by atoms with Crippen LogP contribution in [0.5, 0.6) is 0 Å². The number of carbonyl (C=O) groups is 3. The van der Waals surface area contributed by atoms with Crippen molar-refractivity contribution in [3.05, 3.63) is 60.9 Å². The number of rotatable bonds is 3. The molecule has 0 spiro atoms. The minimum absolute atomic E-state index is 0.00902. The summed E-state index contributed by atoms with van der Waals surface area (Å²) in [5.74, 6) is -3.31. The number of fused-ring (bicyclic) bond motifs is 1. The van der Waals surface area contributed by atoms with Crippen LogP contribution < -0.4 is 15.0 Å². The molecule has 2 N–H and O–H groups in total. The molecule has 0 atom stereocenters. The van der Waals surface area contributed by atoms with E-state index in [2.05, 4.69) is 27.0 Å². The van der Waals surface area contributed by atoms with Gasteiger partial charge in [0.15, 0.2) is 5.52 Å². The Morgan fingerprint density at radius 2 is 1.52 bits per heavy atom. The first-order valence-corrected chi connectivity index (χ1v) is 12.9. The molecule has 3 heterocycles. The Bertz CT molecular complexity index is 1380. The number of amides is 1. The lowest BCUT2D eigenvalue weighted by Gasteiger charge is -2.56. The highest BCUT2D eigenvalue weighted by Crippen LogP contribution is 2.55. The van der Waals surface area contributed by atoms with E-state index in [9.17, 15) is 31.1 Å². The number of aliphatic carboxylic acids is 2. The Kier molecular flexibility index (Phi) is 8.51. The molecule has 0 radical (unpaired) electrons. The number of aromatic nitrogens is 3. The number of carbonyl (C=O) groups excluding carboxylic acids is 2. The summed E-state index contributed by atoms with van der Waals surface area (Å²) in [6.45, 7) is 0. The summed E-state index contributed by atoms with van der Waals surface area (Å²) in [4.78, 5) is 35.3. The molecule has 3 aromatic rings. The van der Waals surface area contributed by atoms with Gasteiger partial charge in [0, 0.05) is 24.0 Å². The minimum atomic E-state index is -5.19. The zero-order chi connectivity index (χ0) is 30.9. The van der Waals surface area contributed by atoms with Crippen molar-refractivity contribution < 1.29 is 55.5 Å². The van der Waals surface area contributed by atoms with Crippen LogP contribution in [0.15, 0.2) is 55.4 Å². The number of hydrogen-bond donors (Lipinski definition) is 2. The first kappa shape index (κ1) is 30.8. The summed E-state index contributed by atoms with van der Waals surface area (Å²) < 4.78 is 67.4. The second-order valence-corrected chi connectivity index (χ2v) is 10.8. The van der Waals surface area contributed by atoms with E-state index in [1.165, 1.54) is 19.3 Å². The number of hydrogen-bond acceptors (Lipinski definition) is 5. The van der Waals surface area contributed by atoms with Crippen molar-refractivity contribution >= 4 is 23.4 Å². The average molecular weight is 601 g/mol. The third-order valence-electron chi connectivity index (χ3n) is 7.65. The summed E-state index contributed by atoms with van der Waals surface area (Å²) in [5, 5.41) is 19.4. The first-order valence-electron chi connectivity index (χ1n) is 12.9. The van der Waals surface area contributed by atoms with Gasteiger partial charge in [-0.25, -0.2) is 13.8 Å². The molecule has 0 unspecified atom stereocenters. The lowest BCUT2D eigenvalue weighted by atomic mass is 9.53. The van der Waals surface area contributed by atoms with E-state index in [0.29, 0.717) is 5.56 Å². The molecule has 4 saturated carbocycles. The van der Waals surface area contributed by atoms with Gasteiger partial charge in [-0.2, -0.15) is 26.3 Å². The molecule has 4 aliphatic rings. The van der Waals surface area contributed by atoms with Crippen molar-refractivity contribution in [2.45, 2.75) is 56.4 Å². The molecule has 226 valence electrons. The molecular weight excluding hydrogens is 574 g/mol. The highest BCUT2D eigenvalue weighted by molar-refractivity contribution is 5.97. The van der Waals surface area contributed by atoms with Crippen LogP contribution in [0.1, 0.15) is 48.9 Å². The second-order valence-electron chi connectivity index (χ2n) is 10.8. The molecule has 0 aromatic carbocycles. The third-order valence-corrected chi connectivity index (χ3v) is 7.65. The maximum atomic E-state index is 13.4. The zero-order valence-corrected chi connectivity index (χ0v) is 21.9. The van der Waals surface area contributed by atoms with E-state index in [4.69, 9.17) is 19.8 Å². The fourth-order valence-electron chi connectivity index (χ4n) is 6.48. The number of carboxylic acids is 2. The van der Waals surface area contributed by atoms with Crippen LogP contribution in [0.2, 0.25) is 0 Å². The summed E-state index contributed by atoms with van der Waals surface area (Å²) in [6, 6.07) is 8.01. The monoisotopic (exact) mass is 600 g/mol. The van der Waals surface area contributed by atoms with Crippen molar-refractivity contribution in [1.29, 1.82) is 0 Å². The van der Waals surface area contributed by atoms with Crippen LogP contribution in [0.3, 0.4) is 0 Å². The zero-order valence-electron chi connectivity index (χ0n) is 21.9. The summed E-state index contributed by atoms with van der Waals surface area (Å²) >= 11 is 0. The fourth-order valence-corrected chi connectivity index (χ4v) is 6.48. The molecule has 0 aliphatic heterocycles. The molecule has 7 rings (SSSR count). The highest BCUT2D eigenvalue weighted by atomic mass is 19.4. The number of carboxylic acid groups (broad SMARTS) is 2. The van der Waals surface area contributed by atoms with Crippen molar-refractivity contribution in [2.75, 3.05) is 0 Å². The average Bonchev–Trinajstić information content (AvgIpc) is 3.31. The van der Waals surface area contributed by atoms with E-state index < -0.39 is 24.3 Å². The van der Waals surface area contributed by atoms with Crippen LogP contribution >= 0.6 is 0 Å². The van der Waals surface area contributed by atoms with Crippen molar-refractivity contribution in [1.82, 2.24) is 14.7 Å². The number of nitrogens with one attached hydrogen (secondary N) is 1. The van der Waals surface area contributed by atoms with Gasteiger partial charge in [0.1, 0.15) is 23.4 Å². The number of halogens is 6. The summed E-state index contributed by atoms with van der Waals surface area (Å²) in [5.41, 5.74) is 2.63. The molecule has 4 aliphatic carbocycles. The second kappa shape index (κ2) is 11.6. The Morgan fingerprint density at radius 3 is 2.00 bits per heavy atom. The maximum Gasteiger partial charge on any atom is 0.490 e. The van der Waals surface area contributed by atoms with E-state index in [1.807, 2.05) is 35.3 Å². The Labute approximate surface area is 234 Å². The molecule has 4 bridgehead atoms. The Morgan fingerprint density at radius 1 is 0.976 bits per heavy atom. The van der Waals surface area contributed by atoms with Crippen molar-refractivity contribution in [2.24, 2.45) is 17.8 Å². The normalized spacial score (nSPS) is 24.2. The van der Waals surface area contributed by atoms with Gasteiger partial charge in [0.2, 0.25) is 0 Å². The molecule has 1 amide bonds. The van der Waals surface area contributed by atoms with Crippen LogP contribution in [-0.2, 0) is 9.59 Å². The Balaban J connectivity index is 0.000000243. The van der Waals surface area contributed by atoms with Crippen LogP contribution in [-0.4, -0.2) is 50.2 Å². The van der Waals surface area contributed by atoms with Gasteiger partial charge < -0.3 is 20.3 Å². The molecular formula is C27H26F6N4O5. The van der Waals surface area contributed by atoms with Gasteiger partial charge in [-0.15, -0.1) is 0 Å². The fraction of sp³-hybridized carbons (Fsp3) is 0.444. The van der Waals surface area contributed by atoms with E-state index in [-0.39, 0.29) is 11.4 Å². The van der Waals surface area contributed by atoms with Gasteiger partial charge in [0.25, 0.3) is 12.2 Å². The van der Waals surface area contributed by atoms with Crippen LogP contribution in [0.4, 0.5) is 26.3 Å². The van der Waals surface area contributed by atoms with E-state index in [1.54, 1.807) is 12.4 Å². The number of alkyl halides is 6. The van der Waals surface area contributed by atoms with E-state index >= 15 is 0 Å². The van der Waals surface area contributed by atoms with Gasteiger partial charge >= 0.3 is 18.3 Å². The standard InChI is InChI=1S/C23H24N4O.2C2HF3O2/c28-22(25-23-10-16-7-17(11-23)9-18(8-16)12-23)20-13-24-5-4-21(20)27-14-19-3-1-2-6-26(19)15-27;2*3-2(4,5)1(6)7/h1-6,13-18H,7-12H2;2*(H,6,7). The quantitative estimate of drug-likeness (QED) is 0.351. The Hall–Kier alpha value is -4.17.